The fraction of sp³-hybridized carbons (Fsp3) is 0.579. The number of carbonyl (C=O) groups excluding carboxylic acids is 1. The molecule has 0 radical (unpaired) electrons. The summed E-state index contributed by atoms with van der Waals surface area (Å²) in [5.74, 6) is 0.559. The third-order valence-corrected chi connectivity index (χ3v) is 6.11. The summed E-state index contributed by atoms with van der Waals surface area (Å²) >= 11 is 1.65. The Labute approximate surface area is 165 Å². The first-order chi connectivity index (χ1) is 11.8. The van der Waals surface area contributed by atoms with Gasteiger partial charge in [0.05, 0.1) is 18.7 Å². The quantitative estimate of drug-likeness (QED) is 0.714. The molecule has 144 valence electrons. The van der Waals surface area contributed by atoms with Crippen molar-refractivity contribution in [3.63, 3.8) is 0 Å². The third kappa shape index (κ3) is 5.87. The Kier molecular flexibility index (Phi) is 8.88. The Balaban J connectivity index is 0.00000338. The average molecular weight is 400 g/mol. The molecule has 1 aliphatic rings. The topological polar surface area (TPSA) is 70.1 Å². The molecule has 1 heterocycles. The number of halogens is 2. The van der Waals surface area contributed by atoms with E-state index in [1.807, 2.05) is 38.1 Å². The zero-order chi connectivity index (χ0) is 18.4. The van der Waals surface area contributed by atoms with Crippen LogP contribution in [0.15, 0.2) is 30.3 Å². The van der Waals surface area contributed by atoms with Crippen LogP contribution in [0.1, 0.15) is 32.3 Å². The molecule has 1 aromatic carbocycles. The minimum Gasteiger partial charge on any atom is -0.322 e. The van der Waals surface area contributed by atoms with Gasteiger partial charge in [0, 0.05) is 11.2 Å². The van der Waals surface area contributed by atoms with Crippen molar-refractivity contribution in [2.24, 2.45) is 5.73 Å². The SMILES string of the molecule is CC(C)(SCCCc1ccccc1)[C@H](N)C(=O)N1C[C@@H](F)C[C@H]1C#N.Cl. The number of nitrogens with zero attached hydrogens (tertiary/aromatic N) is 2. The average Bonchev–Trinajstić information content (AvgIpc) is 2.99. The van der Waals surface area contributed by atoms with Gasteiger partial charge in [0.25, 0.3) is 0 Å². The number of likely N-dealkylation sites (tertiary alicyclic amines) is 1. The summed E-state index contributed by atoms with van der Waals surface area (Å²) in [6.07, 6.45) is 0.928. The minimum atomic E-state index is -1.14. The van der Waals surface area contributed by atoms with E-state index < -0.39 is 23.0 Å². The first-order valence-corrected chi connectivity index (χ1v) is 9.61. The van der Waals surface area contributed by atoms with Crippen LogP contribution in [0.4, 0.5) is 4.39 Å². The fourth-order valence-electron chi connectivity index (χ4n) is 2.97. The van der Waals surface area contributed by atoms with E-state index in [1.165, 1.54) is 10.5 Å². The summed E-state index contributed by atoms with van der Waals surface area (Å²) in [5.41, 5.74) is 7.48. The summed E-state index contributed by atoms with van der Waals surface area (Å²) < 4.78 is 13.1. The van der Waals surface area contributed by atoms with Gasteiger partial charge in [-0.2, -0.15) is 17.0 Å². The van der Waals surface area contributed by atoms with E-state index in [0.717, 1.165) is 18.6 Å². The predicted octanol–water partition coefficient (Wildman–Crippen LogP) is 3.34. The molecule has 0 aromatic heterocycles. The number of benzene rings is 1. The highest BCUT2D eigenvalue weighted by Gasteiger charge is 2.41. The number of thioether (sulfide) groups is 1. The van der Waals surface area contributed by atoms with Crippen LogP contribution >= 0.6 is 24.2 Å². The molecule has 7 heteroatoms. The highest BCUT2D eigenvalue weighted by Crippen LogP contribution is 2.31. The molecule has 0 aliphatic carbocycles. The van der Waals surface area contributed by atoms with E-state index in [9.17, 15) is 9.18 Å². The van der Waals surface area contributed by atoms with Crippen LogP contribution in [0.5, 0.6) is 0 Å². The molecule has 1 amide bonds. The number of carbonyl (C=O) groups is 1. The van der Waals surface area contributed by atoms with Gasteiger partial charge < -0.3 is 10.6 Å². The Morgan fingerprint density at radius 1 is 1.46 bits per heavy atom. The molecule has 26 heavy (non-hydrogen) atoms. The lowest BCUT2D eigenvalue weighted by atomic mass is 10.0. The smallest absolute Gasteiger partial charge is 0.242 e. The predicted molar refractivity (Wildman–Crippen MR) is 107 cm³/mol. The van der Waals surface area contributed by atoms with E-state index in [-0.39, 0.29) is 31.3 Å². The maximum absolute atomic E-state index is 13.5. The van der Waals surface area contributed by atoms with Crippen LogP contribution in [-0.2, 0) is 11.2 Å². The maximum Gasteiger partial charge on any atom is 0.242 e. The maximum atomic E-state index is 13.5. The van der Waals surface area contributed by atoms with Crippen molar-refractivity contribution >= 4 is 30.1 Å². The molecule has 1 saturated heterocycles. The second-order valence-corrected chi connectivity index (χ2v) is 8.74. The Morgan fingerprint density at radius 3 is 2.73 bits per heavy atom. The van der Waals surface area contributed by atoms with Crippen LogP contribution in [0.3, 0.4) is 0 Å². The molecule has 1 aliphatic heterocycles. The molecular formula is C19H27ClFN3OS. The van der Waals surface area contributed by atoms with E-state index >= 15 is 0 Å². The lowest BCUT2D eigenvalue weighted by Gasteiger charge is -2.33. The summed E-state index contributed by atoms with van der Waals surface area (Å²) in [6, 6.07) is 10.8. The third-order valence-electron chi connectivity index (χ3n) is 4.62. The van der Waals surface area contributed by atoms with Gasteiger partial charge in [-0.3, -0.25) is 4.79 Å². The Bertz CT molecular complexity index is 623. The van der Waals surface area contributed by atoms with Crippen molar-refractivity contribution in [2.45, 2.75) is 56.1 Å². The highest BCUT2D eigenvalue weighted by atomic mass is 35.5. The van der Waals surface area contributed by atoms with Gasteiger partial charge in [0.1, 0.15) is 12.2 Å². The summed E-state index contributed by atoms with van der Waals surface area (Å²) in [4.78, 5) is 13.9. The summed E-state index contributed by atoms with van der Waals surface area (Å²) in [6.45, 7) is 3.85. The van der Waals surface area contributed by atoms with Gasteiger partial charge in [-0.1, -0.05) is 30.3 Å². The van der Waals surface area contributed by atoms with Gasteiger partial charge >= 0.3 is 0 Å². The van der Waals surface area contributed by atoms with Gasteiger partial charge in [-0.15, -0.1) is 12.4 Å². The normalized spacial score (nSPS) is 21.0. The lowest BCUT2D eigenvalue weighted by molar-refractivity contribution is -0.133. The minimum absolute atomic E-state index is 0. The van der Waals surface area contributed by atoms with Crippen molar-refractivity contribution in [3.05, 3.63) is 35.9 Å². The van der Waals surface area contributed by atoms with Gasteiger partial charge in [-0.25, -0.2) is 4.39 Å². The van der Waals surface area contributed by atoms with Crippen LogP contribution < -0.4 is 5.73 Å². The molecule has 0 spiro atoms. The Morgan fingerprint density at radius 2 is 2.12 bits per heavy atom. The van der Waals surface area contributed by atoms with Crippen LogP contribution in [-0.4, -0.2) is 46.1 Å². The first kappa shape index (κ1) is 22.8. The standard InChI is InChI=1S/C19H26FN3OS.ClH/c1-19(2,25-10-6-9-14-7-4-3-5-8-14)17(22)18(24)23-13-15(20)11-16(23)12-21;/h3-5,7-8,15-17H,6,9-11,13,22H2,1-2H3;1H/t15-,16-,17+;/m0./s1. The number of alkyl halides is 1. The van der Waals surface area contributed by atoms with Gasteiger partial charge in [0.15, 0.2) is 0 Å². The molecular weight excluding hydrogens is 373 g/mol. The van der Waals surface area contributed by atoms with E-state index in [2.05, 4.69) is 12.1 Å². The van der Waals surface area contributed by atoms with Crippen LogP contribution in [0.2, 0.25) is 0 Å². The summed E-state index contributed by atoms with van der Waals surface area (Å²) in [5, 5.41) is 9.11. The van der Waals surface area contributed by atoms with Crippen LogP contribution in [0.25, 0.3) is 0 Å². The number of aryl methyl sites for hydroxylation is 1. The van der Waals surface area contributed by atoms with E-state index in [0.29, 0.717) is 0 Å². The van der Waals surface area contributed by atoms with Crippen molar-refractivity contribution in [1.29, 1.82) is 5.26 Å². The number of rotatable bonds is 7. The monoisotopic (exact) mass is 399 g/mol. The molecule has 2 rings (SSSR count). The molecule has 1 fully saturated rings. The second kappa shape index (κ2) is 10.1. The number of nitrogens with two attached hydrogens (primary N) is 1. The molecule has 2 N–H and O–H groups in total. The second-order valence-electron chi connectivity index (χ2n) is 6.99. The molecule has 0 saturated carbocycles. The molecule has 4 nitrogen and oxygen atoms in total. The largest absolute Gasteiger partial charge is 0.322 e. The number of amides is 1. The first-order valence-electron chi connectivity index (χ1n) is 8.63. The van der Waals surface area contributed by atoms with Crippen molar-refractivity contribution in [2.75, 3.05) is 12.3 Å². The van der Waals surface area contributed by atoms with E-state index in [1.54, 1.807) is 11.8 Å². The van der Waals surface area contributed by atoms with Crippen molar-refractivity contribution in [1.82, 2.24) is 4.90 Å². The van der Waals surface area contributed by atoms with Crippen LogP contribution in [0, 0.1) is 11.3 Å². The zero-order valence-corrected chi connectivity index (χ0v) is 16.9. The highest BCUT2D eigenvalue weighted by molar-refractivity contribution is 8.00. The Hall–Kier alpha value is -1.29. The number of hydrogen-bond donors (Lipinski definition) is 1. The molecule has 3 atom stereocenters. The lowest BCUT2D eigenvalue weighted by Crippen LogP contribution is -2.54. The summed E-state index contributed by atoms with van der Waals surface area (Å²) in [7, 11) is 0. The van der Waals surface area contributed by atoms with Crippen molar-refractivity contribution < 1.29 is 9.18 Å². The van der Waals surface area contributed by atoms with E-state index in [4.69, 9.17) is 11.0 Å². The molecule has 1 aromatic rings. The van der Waals surface area contributed by atoms with Gasteiger partial charge in [0.2, 0.25) is 5.91 Å². The zero-order valence-electron chi connectivity index (χ0n) is 15.2. The fourth-order valence-corrected chi connectivity index (χ4v) is 4.07. The molecule has 0 bridgehead atoms. The number of nitriles is 1. The number of hydrogen-bond acceptors (Lipinski definition) is 4. The van der Waals surface area contributed by atoms with Gasteiger partial charge in [-0.05, 0) is 38.0 Å². The van der Waals surface area contributed by atoms with Crippen molar-refractivity contribution in [3.8, 4) is 6.07 Å². The molecule has 0 unspecified atom stereocenters.